The van der Waals surface area contributed by atoms with Crippen LogP contribution in [0.2, 0.25) is 0 Å². The molecule has 0 saturated heterocycles. The fraction of sp³-hybridized carbons (Fsp3) is 0.200. The first-order chi connectivity index (χ1) is 6.27. The van der Waals surface area contributed by atoms with E-state index < -0.39 is 5.97 Å². The molecule has 13 heavy (non-hydrogen) atoms. The maximum Gasteiger partial charge on any atom is 0.356 e. The average molecular weight is 175 g/mol. The Morgan fingerprint density at radius 3 is 3.15 bits per heavy atom. The van der Waals surface area contributed by atoms with Crippen LogP contribution in [-0.2, 0) is 4.74 Å². The summed E-state index contributed by atoms with van der Waals surface area (Å²) < 4.78 is 4.76. The summed E-state index contributed by atoms with van der Waals surface area (Å²) in [6.45, 7) is 2.07. The van der Waals surface area contributed by atoms with E-state index in [1.165, 1.54) is 12.3 Å². The fourth-order valence-electron chi connectivity index (χ4n) is 0.837. The number of nitrogens with zero attached hydrogens (tertiary/aromatic N) is 1. The quantitative estimate of drug-likeness (QED) is 0.501. The van der Waals surface area contributed by atoms with E-state index in [4.69, 9.17) is 11.2 Å². The van der Waals surface area contributed by atoms with Crippen LogP contribution in [0.3, 0.4) is 0 Å². The van der Waals surface area contributed by atoms with Gasteiger partial charge in [0.15, 0.2) is 0 Å². The van der Waals surface area contributed by atoms with Crippen LogP contribution in [0, 0.1) is 12.3 Å². The molecule has 0 fully saturated rings. The number of hydrogen-bond acceptors (Lipinski definition) is 3. The summed E-state index contributed by atoms with van der Waals surface area (Å²) in [6.07, 6.45) is 6.65. The van der Waals surface area contributed by atoms with Gasteiger partial charge in [0.2, 0.25) is 0 Å². The van der Waals surface area contributed by atoms with Gasteiger partial charge in [0.05, 0.1) is 6.61 Å². The van der Waals surface area contributed by atoms with Crippen LogP contribution in [0.5, 0.6) is 0 Å². The highest BCUT2D eigenvalue weighted by molar-refractivity contribution is 5.87. The van der Waals surface area contributed by atoms with E-state index in [-0.39, 0.29) is 5.69 Å². The van der Waals surface area contributed by atoms with Gasteiger partial charge in [-0.05, 0) is 19.1 Å². The molecule has 0 bridgehead atoms. The van der Waals surface area contributed by atoms with Gasteiger partial charge < -0.3 is 4.74 Å². The molecule has 0 atom stereocenters. The van der Waals surface area contributed by atoms with E-state index in [0.29, 0.717) is 12.2 Å². The standard InChI is InChI=1S/C10H9NO2/c1-3-8-5-6-11-9(7-8)10(12)13-4-2/h1,5-7H,4H2,2H3. The molecule has 1 aromatic rings. The largest absolute Gasteiger partial charge is 0.461 e. The van der Waals surface area contributed by atoms with Crippen LogP contribution >= 0.6 is 0 Å². The first-order valence-corrected chi connectivity index (χ1v) is 3.87. The van der Waals surface area contributed by atoms with Crippen LogP contribution in [-0.4, -0.2) is 17.6 Å². The molecule has 3 nitrogen and oxygen atoms in total. The minimum Gasteiger partial charge on any atom is -0.461 e. The zero-order valence-electron chi connectivity index (χ0n) is 7.28. The third-order valence-corrected chi connectivity index (χ3v) is 1.41. The number of rotatable bonds is 2. The molecule has 0 saturated carbocycles. The zero-order valence-corrected chi connectivity index (χ0v) is 7.28. The number of pyridine rings is 1. The van der Waals surface area contributed by atoms with Gasteiger partial charge in [0, 0.05) is 11.8 Å². The summed E-state index contributed by atoms with van der Waals surface area (Å²) in [6, 6.07) is 3.18. The topological polar surface area (TPSA) is 39.2 Å². The normalized spacial score (nSPS) is 8.92. The highest BCUT2D eigenvalue weighted by atomic mass is 16.5. The van der Waals surface area contributed by atoms with Crippen molar-refractivity contribution in [2.24, 2.45) is 0 Å². The summed E-state index contributed by atoms with van der Waals surface area (Å²) in [4.78, 5) is 15.0. The zero-order chi connectivity index (χ0) is 9.68. The SMILES string of the molecule is C#Cc1ccnc(C(=O)OCC)c1. The smallest absolute Gasteiger partial charge is 0.356 e. The second-order valence-corrected chi connectivity index (χ2v) is 2.29. The minimum atomic E-state index is -0.445. The maximum atomic E-state index is 11.2. The number of terminal acetylenes is 1. The molecule has 1 heterocycles. The Labute approximate surface area is 76.8 Å². The van der Waals surface area contributed by atoms with Crippen molar-refractivity contribution in [3.05, 3.63) is 29.6 Å². The molecule has 66 valence electrons. The second-order valence-electron chi connectivity index (χ2n) is 2.29. The molecule has 0 spiro atoms. The minimum absolute atomic E-state index is 0.248. The summed E-state index contributed by atoms with van der Waals surface area (Å²) >= 11 is 0. The van der Waals surface area contributed by atoms with Crippen LogP contribution in [0.15, 0.2) is 18.3 Å². The van der Waals surface area contributed by atoms with Gasteiger partial charge in [-0.1, -0.05) is 5.92 Å². The number of hydrogen-bond donors (Lipinski definition) is 0. The monoisotopic (exact) mass is 175 g/mol. The van der Waals surface area contributed by atoms with Gasteiger partial charge in [-0.2, -0.15) is 0 Å². The van der Waals surface area contributed by atoms with E-state index in [1.54, 1.807) is 13.0 Å². The van der Waals surface area contributed by atoms with E-state index >= 15 is 0 Å². The van der Waals surface area contributed by atoms with Gasteiger partial charge in [0.25, 0.3) is 0 Å². The van der Waals surface area contributed by atoms with Crippen molar-refractivity contribution >= 4 is 5.97 Å². The number of ether oxygens (including phenoxy) is 1. The van der Waals surface area contributed by atoms with Gasteiger partial charge in [-0.15, -0.1) is 6.42 Å². The second kappa shape index (κ2) is 4.27. The third-order valence-electron chi connectivity index (χ3n) is 1.41. The Bertz CT molecular complexity index is 352. The molecule has 0 aliphatic rings. The number of aromatic nitrogens is 1. The lowest BCUT2D eigenvalue weighted by Crippen LogP contribution is -2.06. The lowest BCUT2D eigenvalue weighted by atomic mass is 10.2. The molecule has 0 aromatic carbocycles. The Kier molecular flexibility index (Phi) is 3.04. The molecule has 3 heteroatoms. The summed E-state index contributed by atoms with van der Waals surface area (Å²) in [5, 5.41) is 0. The highest BCUT2D eigenvalue weighted by Crippen LogP contribution is 2.01. The molecule has 0 amide bonds. The van der Waals surface area contributed by atoms with Crippen molar-refractivity contribution in [2.45, 2.75) is 6.92 Å². The van der Waals surface area contributed by atoms with E-state index in [2.05, 4.69) is 10.9 Å². The van der Waals surface area contributed by atoms with Crippen molar-refractivity contribution in [1.82, 2.24) is 4.98 Å². The average Bonchev–Trinajstić information content (AvgIpc) is 2.18. The lowest BCUT2D eigenvalue weighted by Gasteiger charge is -2.00. The van der Waals surface area contributed by atoms with E-state index in [9.17, 15) is 4.79 Å². The maximum absolute atomic E-state index is 11.2. The predicted molar refractivity (Wildman–Crippen MR) is 48.1 cm³/mol. The molecule has 0 N–H and O–H groups in total. The van der Waals surface area contributed by atoms with Crippen molar-refractivity contribution in [3.8, 4) is 12.3 Å². The molecule has 0 aliphatic heterocycles. The summed E-state index contributed by atoms with van der Waals surface area (Å²) in [5.41, 5.74) is 0.871. The molecular formula is C10H9NO2. The molecule has 0 aliphatic carbocycles. The van der Waals surface area contributed by atoms with E-state index in [1.807, 2.05) is 0 Å². The van der Waals surface area contributed by atoms with Gasteiger partial charge >= 0.3 is 5.97 Å². The highest BCUT2D eigenvalue weighted by Gasteiger charge is 2.07. The molecule has 0 unspecified atom stereocenters. The van der Waals surface area contributed by atoms with Crippen LogP contribution < -0.4 is 0 Å². The van der Waals surface area contributed by atoms with Crippen molar-refractivity contribution in [3.63, 3.8) is 0 Å². The first kappa shape index (κ1) is 9.27. The third kappa shape index (κ3) is 2.31. The van der Waals surface area contributed by atoms with Crippen LogP contribution in [0.25, 0.3) is 0 Å². The molecule has 0 radical (unpaired) electrons. The Morgan fingerprint density at radius 1 is 1.77 bits per heavy atom. The molecule has 1 rings (SSSR count). The summed E-state index contributed by atoms with van der Waals surface area (Å²) in [7, 11) is 0. The van der Waals surface area contributed by atoms with Crippen LogP contribution in [0.1, 0.15) is 23.0 Å². The Hall–Kier alpha value is -1.82. The summed E-state index contributed by atoms with van der Waals surface area (Å²) in [5.74, 6) is 1.97. The molecular weight excluding hydrogens is 166 g/mol. The first-order valence-electron chi connectivity index (χ1n) is 3.87. The van der Waals surface area contributed by atoms with Crippen LogP contribution in [0.4, 0.5) is 0 Å². The van der Waals surface area contributed by atoms with Gasteiger partial charge in [0.1, 0.15) is 5.69 Å². The number of esters is 1. The van der Waals surface area contributed by atoms with Gasteiger partial charge in [-0.25, -0.2) is 9.78 Å². The van der Waals surface area contributed by atoms with Crippen molar-refractivity contribution in [2.75, 3.05) is 6.61 Å². The van der Waals surface area contributed by atoms with Crippen molar-refractivity contribution in [1.29, 1.82) is 0 Å². The lowest BCUT2D eigenvalue weighted by molar-refractivity contribution is 0.0519. The Morgan fingerprint density at radius 2 is 2.54 bits per heavy atom. The van der Waals surface area contributed by atoms with Crippen molar-refractivity contribution < 1.29 is 9.53 Å². The number of carbonyl (C=O) groups excluding carboxylic acids is 1. The fourth-order valence-corrected chi connectivity index (χ4v) is 0.837. The predicted octanol–water partition coefficient (Wildman–Crippen LogP) is 1.24. The molecule has 1 aromatic heterocycles. The van der Waals surface area contributed by atoms with E-state index in [0.717, 1.165) is 0 Å². The number of carbonyl (C=O) groups is 1. The van der Waals surface area contributed by atoms with Gasteiger partial charge in [-0.3, -0.25) is 0 Å². The Balaban J connectivity index is 2.90.